The second-order valence-corrected chi connectivity index (χ2v) is 5.13. The lowest BCUT2D eigenvalue weighted by Crippen LogP contribution is -2.29. The van der Waals surface area contributed by atoms with Crippen LogP contribution in [-0.2, 0) is 0 Å². The van der Waals surface area contributed by atoms with Gasteiger partial charge in [0.1, 0.15) is 5.75 Å². The summed E-state index contributed by atoms with van der Waals surface area (Å²) >= 11 is 1.53. The minimum absolute atomic E-state index is 0.0275. The van der Waals surface area contributed by atoms with E-state index in [1.54, 1.807) is 12.0 Å². The molecule has 1 atom stereocenters. The smallest absolute Gasteiger partial charge is 0.254 e. The maximum atomic E-state index is 12.3. The highest BCUT2D eigenvalue weighted by Gasteiger charge is 2.21. The largest absolute Gasteiger partial charge is 0.496 e. The van der Waals surface area contributed by atoms with E-state index in [0.717, 1.165) is 16.9 Å². The van der Waals surface area contributed by atoms with Gasteiger partial charge in [-0.25, -0.2) is 0 Å². The van der Waals surface area contributed by atoms with E-state index in [4.69, 9.17) is 4.74 Å². The second kappa shape index (κ2) is 5.89. The molecule has 0 N–H and O–H groups in total. The molecule has 1 unspecified atom stereocenters. The van der Waals surface area contributed by atoms with E-state index in [1.807, 2.05) is 55.1 Å². The van der Waals surface area contributed by atoms with Gasteiger partial charge in [0.2, 0.25) is 0 Å². The van der Waals surface area contributed by atoms with Crippen LogP contribution < -0.4 is 4.74 Å². The number of hydrogen-bond donors (Lipinski definition) is 0. The number of carbonyl (C=O) groups excluding carboxylic acids is 1. The zero-order valence-corrected chi connectivity index (χ0v) is 12.1. The van der Waals surface area contributed by atoms with Crippen LogP contribution in [0.15, 0.2) is 41.1 Å². The van der Waals surface area contributed by atoms with E-state index in [1.165, 1.54) is 11.3 Å². The number of para-hydroxylation sites is 1. The predicted octanol–water partition coefficient (Wildman–Crippen LogP) is 3.59. The lowest BCUT2D eigenvalue weighted by Gasteiger charge is -2.26. The summed E-state index contributed by atoms with van der Waals surface area (Å²) in [7, 11) is 3.46. The van der Waals surface area contributed by atoms with Crippen LogP contribution >= 0.6 is 11.3 Å². The minimum Gasteiger partial charge on any atom is -0.496 e. The van der Waals surface area contributed by atoms with Crippen LogP contribution in [0.25, 0.3) is 0 Å². The van der Waals surface area contributed by atoms with Gasteiger partial charge in [-0.1, -0.05) is 18.2 Å². The molecule has 4 heteroatoms. The van der Waals surface area contributed by atoms with Crippen molar-refractivity contribution in [1.82, 2.24) is 4.90 Å². The third-order valence-electron chi connectivity index (χ3n) is 3.26. The molecule has 3 nitrogen and oxygen atoms in total. The Hall–Kier alpha value is -1.81. The topological polar surface area (TPSA) is 29.5 Å². The molecule has 1 aromatic heterocycles. The van der Waals surface area contributed by atoms with Crippen LogP contribution in [0.4, 0.5) is 0 Å². The summed E-state index contributed by atoms with van der Waals surface area (Å²) in [6.07, 6.45) is 0. The number of hydrogen-bond acceptors (Lipinski definition) is 3. The Kier molecular flexibility index (Phi) is 4.22. The number of thiophene rings is 1. The molecule has 19 heavy (non-hydrogen) atoms. The van der Waals surface area contributed by atoms with Gasteiger partial charge in [-0.15, -0.1) is 0 Å². The fourth-order valence-corrected chi connectivity index (χ4v) is 2.62. The van der Waals surface area contributed by atoms with Crippen molar-refractivity contribution in [2.24, 2.45) is 0 Å². The van der Waals surface area contributed by atoms with Gasteiger partial charge in [-0.2, -0.15) is 11.3 Å². The van der Waals surface area contributed by atoms with Gasteiger partial charge in [0.15, 0.2) is 0 Å². The third-order valence-corrected chi connectivity index (χ3v) is 3.94. The van der Waals surface area contributed by atoms with Crippen LogP contribution in [0.3, 0.4) is 0 Å². The lowest BCUT2D eigenvalue weighted by molar-refractivity contribution is 0.0741. The van der Waals surface area contributed by atoms with Crippen LogP contribution in [0.5, 0.6) is 5.75 Å². The van der Waals surface area contributed by atoms with Gasteiger partial charge in [-0.3, -0.25) is 4.79 Å². The first-order valence-electron chi connectivity index (χ1n) is 6.07. The summed E-state index contributed by atoms with van der Waals surface area (Å²) in [6, 6.07) is 9.59. The Labute approximate surface area is 117 Å². The molecule has 2 rings (SSSR count). The zero-order valence-electron chi connectivity index (χ0n) is 11.3. The highest BCUT2D eigenvalue weighted by atomic mass is 32.1. The van der Waals surface area contributed by atoms with Crippen LogP contribution in [0, 0.1) is 0 Å². The summed E-state index contributed by atoms with van der Waals surface area (Å²) in [5.41, 5.74) is 1.74. The van der Waals surface area contributed by atoms with Crippen molar-refractivity contribution < 1.29 is 9.53 Å². The molecule has 0 saturated carbocycles. The van der Waals surface area contributed by atoms with E-state index in [2.05, 4.69) is 0 Å². The molecule has 1 aromatic carbocycles. The van der Waals surface area contributed by atoms with Crippen molar-refractivity contribution in [2.45, 2.75) is 13.0 Å². The molecule has 0 spiro atoms. The summed E-state index contributed by atoms with van der Waals surface area (Å²) in [5.74, 6) is 0.833. The number of rotatable bonds is 4. The molecular formula is C15H17NO2S. The first kappa shape index (κ1) is 13.6. The number of benzene rings is 1. The highest BCUT2D eigenvalue weighted by Crippen LogP contribution is 2.29. The van der Waals surface area contributed by atoms with Crippen LogP contribution in [0.1, 0.15) is 28.9 Å². The van der Waals surface area contributed by atoms with Gasteiger partial charge in [0.05, 0.1) is 18.7 Å². The summed E-state index contributed by atoms with van der Waals surface area (Å²) < 4.78 is 5.35. The molecule has 2 aromatic rings. The Morgan fingerprint density at radius 2 is 2.05 bits per heavy atom. The van der Waals surface area contributed by atoms with Gasteiger partial charge < -0.3 is 9.64 Å². The molecule has 0 fully saturated rings. The van der Waals surface area contributed by atoms with E-state index in [-0.39, 0.29) is 11.9 Å². The standard InChI is InChI=1S/C15H17NO2S/c1-11(13-6-4-5-7-14(13)18-3)16(2)15(17)12-8-9-19-10-12/h4-11H,1-3H3. The number of amides is 1. The monoisotopic (exact) mass is 275 g/mol. The predicted molar refractivity (Wildman–Crippen MR) is 77.8 cm³/mol. The van der Waals surface area contributed by atoms with E-state index in [0.29, 0.717) is 0 Å². The molecule has 0 aliphatic carbocycles. The molecule has 1 heterocycles. The lowest BCUT2D eigenvalue weighted by atomic mass is 10.1. The SMILES string of the molecule is COc1ccccc1C(C)N(C)C(=O)c1ccsc1. The second-order valence-electron chi connectivity index (χ2n) is 4.35. The Bertz CT molecular complexity index is 551. The van der Waals surface area contributed by atoms with Crippen molar-refractivity contribution in [3.63, 3.8) is 0 Å². The Morgan fingerprint density at radius 3 is 2.68 bits per heavy atom. The van der Waals surface area contributed by atoms with E-state index < -0.39 is 0 Å². The molecule has 1 amide bonds. The zero-order chi connectivity index (χ0) is 13.8. The van der Waals surface area contributed by atoms with Gasteiger partial charge in [0, 0.05) is 18.0 Å². The maximum Gasteiger partial charge on any atom is 0.254 e. The number of ether oxygens (including phenoxy) is 1. The summed E-state index contributed by atoms with van der Waals surface area (Å²) in [5, 5.41) is 3.78. The molecule has 0 aliphatic rings. The average Bonchev–Trinajstić information content (AvgIpc) is 2.99. The number of carbonyl (C=O) groups is 1. The van der Waals surface area contributed by atoms with Crippen LogP contribution in [0.2, 0.25) is 0 Å². The van der Waals surface area contributed by atoms with Crippen molar-refractivity contribution in [2.75, 3.05) is 14.2 Å². The quantitative estimate of drug-likeness (QED) is 0.853. The highest BCUT2D eigenvalue weighted by molar-refractivity contribution is 7.08. The molecule has 0 bridgehead atoms. The fourth-order valence-electron chi connectivity index (χ4n) is 1.99. The molecular weight excluding hydrogens is 258 g/mol. The van der Waals surface area contributed by atoms with Crippen LogP contribution in [-0.4, -0.2) is 25.0 Å². The van der Waals surface area contributed by atoms with E-state index >= 15 is 0 Å². The molecule has 0 aliphatic heterocycles. The molecule has 0 radical (unpaired) electrons. The fraction of sp³-hybridized carbons (Fsp3) is 0.267. The van der Waals surface area contributed by atoms with Gasteiger partial charge in [0.25, 0.3) is 5.91 Å². The Balaban J connectivity index is 2.23. The summed E-state index contributed by atoms with van der Waals surface area (Å²) in [4.78, 5) is 14.0. The molecule has 0 saturated heterocycles. The van der Waals surface area contributed by atoms with Crippen molar-refractivity contribution in [3.05, 3.63) is 52.2 Å². The van der Waals surface area contributed by atoms with Gasteiger partial charge >= 0.3 is 0 Å². The summed E-state index contributed by atoms with van der Waals surface area (Å²) in [6.45, 7) is 2.00. The Morgan fingerprint density at radius 1 is 1.32 bits per heavy atom. The van der Waals surface area contributed by atoms with Gasteiger partial charge in [-0.05, 0) is 24.4 Å². The first-order valence-corrected chi connectivity index (χ1v) is 7.01. The third kappa shape index (κ3) is 2.79. The average molecular weight is 275 g/mol. The van der Waals surface area contributed by atoms with Crippen molar-refractivity contribution in [3.8, 4) is 5.75 Å². The van der Waals surface area contributed by atoms with Crippen molar-refractivity contribution in [1.29, 1.82) is 0 Å². The number of nitrogens with zero attached hydrogens (tertiary/aromatic N) is 1. The van der Waals surface area contributed by atoms with E-state index in [9.17, 15) is 4.79 Å². The van der Waals surface area contributed by atoms with Crippen molar-refractivity contribution >= 4 is 17.2 Å². The normalized spacial score (nSPS) is 11.9. The molecule has 100 valence electrons. The first-order chi connectivity index (χ1) is 9.15. The number of methoxy groups -OCH3 is 1. The minimum atomic E-state index is -0.0384. The maximum absolute atomic E-state index is 12.3.